The summed E-state index contributed by atoms with van der Waals surface area (Å²) in [5.41, 5.74) is 6.61. The number of hydrogen-bond acceptors (Lipinski definition) is 4. The van der Waals surface area contributed by atoms with Crippen LogP contribution in [0.15, 0.2) is 11.4 Å². The van der Waals surface area contributed by atoms with E-state index in [-0.39, 0.29) is 0 Å². The van der Waals surface area contributed by atoms with Gasteiger partial charge in [0.05, 0.1) is 0 Å². The average Bonchev–Trinajstić information content (AvgIpc) is 1.98. The van der Waals surface area contributed by atoms with Crippen LogP contribution in [0.4, 0.5) is 5.82 Å². The smallest absolute Gasteiger partial charge is 0.130 e. The normalized spacial score (nSPS) is 10.7. The average molecular weight is 183 g/mol. The fraction of sp³-hybridized carbons (Fsp3) is 0.500. The van der Waals surface area contributed by atoms with Crippen molar-refractivity contribution in [2.75, 3.05) is 5.73 Å². The summed E-state index contributed by atoms with van der Waals surface area (Å²) in [4.78, 5) is 8.05. The molecule has 0 aromatic carbocycles. The lowest BCUT2D eigenvalue weighted by atomic mass is 10.3. The van der Waals surface area contributed by atoms with Gasteiger partial charge in [-0.1, -0.05) is 13.8 Å². The first-order valence-electron chi connectivity index (χ1n) is 3.85. The van der Waals surface area contributed by atoms with E-state index in [1.54, 1.807) is 11.8 Å². The number of nitrogens with zero attached hydrogens (tertiary/aromatic N) is 2. The van der Waals surface area contributed by atoms with E-state index in [0.717, 1.165) is 10.6 Å². The number of rotatable bonds is 2. The molecule has 0 radical (unpaired) electrons. The lowest BCUT2D eigenvalue weighted by Crippen LogP contribution is -1.99. The van der Waals surface area contributed by atoms with Gasteiger partial charge in [0, 0.05) is 10.8 Å². The molecule has 0 saturated carbocycles. The molecule has 1 rings (SSSR count). The van der Waals surface area contributed by atoms with E-state index in [9.17, 15) is 0 Å². The Kier molecular flexibility index (Phi) is 2.92. The maximum Gasteiger partial charge on any atom is 0.130 e. The van der Waals surface area contributed by atoms with Gasteiger partial charge in [-0.3, -0.25) is 0 Å². The maximum absolute atomic E-state index is 5.63. The van der Waals surface area contributed by atoms with Gasteiger partial charge in [-0.2, -0.15) is 0 Å². The Morgan fingerprint density at radius 2 is 2.08 bits per heavy atom. The lowest BCUT2D eigenvalue weighted by molar-refractivity contribution is 0.998. The summed E-state index contributed by atoms with van der Waals surface area (Å²) in [6.07, 6.45) is 1.51. The highest BCUT2D eigenvalue weighted by Gasteiger charge is 2.05. The zero-order valence-corrected chi connectivity index (χ0v) is 8.35. The highest BCUT2D eigenvalue weighted by Crippen LogP contribution is 2.25. The molecule has 0 aliphatic carbocycles. The second-order valence-corrected chi connectivity index (χ2v) is 4.42. The molecule has 0 fully saturated rings. The molecular formula is C8H13N3S. The van der Waals surface area contributed by atoms with Crippen molar-refractivity contribution in [2.45, 2.75) is 31.0 Å². The van der Waals surface area contributed by atoms with E-state index >= 15 is 0 Å². The first kappa shape index (κ1) is 9.32. The summed E-state index contributed by atoms with van der Waals surface area (Å²) in [5.74, 6) is 0.577. The number of nitrogen functional groups attached to an aromatic ring is 1. The summed E-state index contributed by atoms with van der Waals surface area (Å²) < 4.78 is 0. The van der Waals surface area contributed by atoms with E-state index in [4.69, 9.17) is 5.73 Å². The second kappa shape index (κ2) is 3.76. The van der Waals surface area contributed by atoms with Crippen LogP contribution in [0.2, 0.25) is 0 Å². The molecular weight excluding hydrogens is 170 g/mol. The zero-order chi connectivity index (χ0) is 9.14. The Balaban J connectivity index is 2.92. The van der Waals surface area contributed by atoms with Crippen LogP contribution in [-0.2, 0) is 0 Å². The lowest BCUT2D eigenvalue weighted by Gasteiger charge is -2.07. The molecule has 1 aromatic rings. The van der Waals surface area contributed by atoms with Gasteiger partial charge in [0.15, 0.2) is 0 Å². The van der Waals surface area contributed by atoms with Gasteiger partial charge in [0.2, 0.25) is 0 Å². The van der Waals surface area contributed by atoms with E-state index in [1.807, 2.05) is 6.92 Å². The molecule has 66 valence electrons. The molecule has 0 bridgehead atoms. The summed E-state index contributed by atoms with van der Waals surface area (Å²) >= 11 is 1.71. The van der Waals surface area contributed by atoms with Crippen LogP contribution >= 0.6 is 11.8 Å². The van der Waals surface area contributed by atoms with E-state index in [0.29, 0.717) is 11.1 Å². The largest absolute Gasteiger partial charge is 0.383 e. The van der Waals surface area contributed by atoms with Crippen molar-refractivity contribution in [3.05, 3.63) is 11.9 Å². The van der Waals surface area contributed by atoms with Crippen molar-refractivity contribution < 1.29 is 0 Å². The highest BCUT2D eigenvalue weighted by molar-refractivity contribution is 7.99. The zero-order valence-electron chi connectivity index (χ0n) is 7.53. The number of nitrogens with two attached hydrogens (primary N) is 1. The van der Waals surface area contributed by atoms with Gasteiger partial charge in [0.1, 0.15) is 17.2 Å². The third-order valence-electron chi connectivity index (χ3n) is 1.42. The molecule has 0 atom stereocenters. The van der Waals surface area contributed by atoms with Crippen LogP contribution in [0, 0.1) is 6.92 Å². The summed E-state index contributed by atoms with van der Waals surface area (Å²) in [5, 5.41) is 1.51. The molecule has 12 heavy (non-hydrogen) atoms. The fourth-order valence-electron chi connectivity index (χ4n) is 0.789. The van der Waals surface area contributed by atoms with Crippen molar-refractivity contribution >= 4 is 17.6 Å². The van der Waals surface area contributed by atoms with Crippen LogP contribution in [0.3, 0.4) is 0 Å². The van der Waals surface area contributed by atoms with Gasteiger partial charge in [-0.15, -0.1) is 11.8 Å². The van der Waals surface area contributed by atoms with Gasteiger partial charge >= 0.3 is 0 Å². The molecule has 0 saturated heterocycles. The molecule has 0 unspecified atom stereocenters. The number of anilines is 1. The molecule has 1 heterocycles. The van der Waals surface area contributed by atoms with Crippen LogP contribution in [0.5, 0.6) is 0 Å². The first-order chi connectivity index (χ1) is 5.61. The summed E-state index contributed by atoms with van der Waals surface area (Å²) in [6.45, 7) is 6.20. The highest BCUT2D eigenvalue weighted by atomic mass is 32.2. The van der Waals surface area contributed by atoms with Gasteiger partial charge in [-0.25, -0.2) is 9.97 Å². The predicted molar refractivity (Wildman–Crippen MR) is 52.2 cm³/mol. The quantitative estimate of drug-likeness (QED) is 0.561. The maximum atomic E-state index is 5.63. The Labute approximate surface area is 76.8 Å². The van der Waals surface area contributed by atoms with Crippen molar-refractivity contribution in [3.63, 3.8) is 0 Å². The second-order valence-electron chi connectivity index (χ2n) is 2.86. The Hall–Kier alpha value is -0.770. The molecule has 3 nitrogen and oxygen atoms in total. The van der Waals surface area contributed by atoms with E-state index < -0.39 is 0 Å². The Morgan fingerprint density at radius 3 is 2.67 bits per heavy atom. The van der Waals surface area contributed by atoms with Gasteiger partial charge in [0.25, 0.3) is 0 Å². The SMILES string of the molecule is Cc1c(N)ncnc1SC(C)C. The first-order valence-corrected chi connectivity index (χ1v) is 4.73. The van der Waals surface area contributed by atoms with Crippen molar-refractivity contribution in [1.29, 1.82) is 0 Å². The number of thioether (sulfide) groups is 1. The third kappa shape index (κ3) is 2.11. The van der Waals surface area contributed by atoms with Crippen LogP contribution in [0.1, 0.15) is 19.4 Å². The van der Waals surface area contributed by atoms with Gasteiger partial charge in [-0.05, 0) is 6.92 Å². The molecule has 0 aliphatic heterocycles. The van der Waals surface area contributed by atoms with Crippen LogP contribution in [-0.4, -0.2) is 15.2 Å². The minimum Gasteiger partial charge on any atom is -0.383 e. The monoisotopic (exact) mass is 183 g/mol. The fourth-order valence-corrected chi connectivity index (χ4v) is 1.62. The number of aromatic nitrogens is 2. The molecule has 0 spiro atoms. The van der Waals surface area contributed by atoms with Crippen LogP contribution < -0.4 is 5.73 Å². The Morgan fingerprint density at radius 1 is 1.42 bits per heavy atom. The molecule has 4 heteroatoms. The van der Waals surface area contributed by atoms with Crippen molar-refractivity contribution in [3.8, 4) is 0 Å². The summed E-state index contributed by atoms with van der Waals surface area (Å²) in [6, 6.07) is 0. The predicted octanol–water partition coefficient (Wildman–Crippen LogP) is 1.87. The van der Waals surface area contributed by atoms with Crippen molar-refractivity contribution in [2.24, 2.45) is 0 Å². The van der Waals surface area contributed by atoms with E-state index in [1.165, 1.54) is 6.33 Å². The number of hydrogen-bond donors (Lipinski definition) is 1. The topological polar surface area (TPSA) is 51.8 Å². The van der Waals surface area contributed by atoms with Crippen molar-refractivity contribution in [1.82, 2.24) is 9.97 Å². The minimum atomic E-state index is 0.526. The molecule has 1 aromatic heterocycles. The molecule has 0 aliphatic rings. The van der Waals surface area contributed by atoms with Crippen LogP contribution in [0.25, 0.3) is 0 Å². The molecule has 2 N–H and O–H groups in total. The van der Waals surface area contributed by atoms with E-state index in [2.05, 4.69) is 23.8 Å². The summed E-state index contributed by atoms with van der Waals surface area (Å²) in [7, 11) is 0. The molecule has 0 amide bonds. The van der Waals surface area contributed by atoms with Gasteiger partial charge < -0.3 is 5.73 Å². The minimum absolute atomic E-state index is 0.526. The Bertz CT molecular complexity index is 273. The standard InChI is InChI=1S/C8H13N3S/c1-5(2)12-8-6(3)7(9)10-4-11-8/h4-5H,1-3H3,(H2,9,10,11). The third-order valence-corrected chi connectivity index (χ3v) is 2.53.